The van der Waals surface area contributed by atoms with Crippen LogP contribution in [0.4, 0.5) is 0 Å². The zero-order valence-corrected chi connectivity index (χ0v) is 9.83. The van der Waals surface area contributed by atoms with Gasteiger partial charge in [0.05, 0.1) is 0 Å². The summed E-state index contributed by atoms with van der Waals surface area (Å²) in [5, 5.41) is 8.58. The summed E-state index contributed by atoms with van der Waals surface area (Å²) in [5.74, 6) is 6.01. The zero-order chi connectivity index (χ0) is 11.8. The van der Waals surface area contributed by atoms with Gasteiger partial charge in [-0.1, -0.05) is 24.0 Å². The molecule has 0 amide bonds. The van der Waals surface area contributed by atoms with E-state index < -0.39 is 5.97 Å². The summed E-state index contributed by atoms with van der Waals surface area (Å²) in [6.45, 7) is 0. The van der Waals surface area contributed by atoms with Gasteiger partial charge in [-0.15, -0.1) is 0 Å². The molecular formula is C13H14O2S. The molecule has 16 heavy (non-hydrogen) atoms. The Morgan fingerprint density at radius 1 is 1.44 bits per heavy atom. The van der Waals surface area contributed by atoms with Crippen LogP contribution in [0.5, 0.6) is 0 Å². The smallest absolute Gasteiger partial charge is 0.303 e. The number of hydrogen-bond acceptors (Lipinski definition) is 2. The maximum atomic E-state index is 10.4. The minimum atomic E-state index is -0.772. The van der Waals surface area contributed by atoms with Crippen molar-refractivity contribution in [1.82, 2.24) is 0 Å². The van der Waals surface area contributed by atoms with Crippen LogP contribution < -0.4 is 0 Å². The molecule has 0 spiro atoms. The van der Waals surface area contributed by atoms with Crippen LogP contribution in [0, 0.1) is 11.8 Å². The normalized spacial score (nSPS) is 9.31. The average molecular weight is 234 g/mol. The molecule has 2 nitrogen and oxygen atoms in total. The van der Waals surface area contributed by atoms with Gasteiger partial charge in [0.25, 0.3) is 0 Å². The molecule has 0 radical (unpaired) electrons. The van der Waals surface area contributed by atoms with Gasteiger partial charge in [0.15, 0.2) is 0 Å². The SMILES string of the molecule is O=C(O)CCc1cccc(C#CCCS)c1. The fraction of sp³-hybridized carbons (Fsp3) is 0.308. The molecule has 1 N–H and O–H groups in total. The number of carboxylic acids is 1. The fourth-order valence-corrected chi connectivity index (χ4v) is 1.39. The molecule has 0 aliphatic carbocycles. The molecule has 3 heteroatoms. The van der Waals surface area contributed by atoms with Gasteiger partial charge in [0, 0.05) is 24.2 Å². The van der Waals surface area contributed by atoms with E-state index in [9.17, 15) is 4.79 Å². The number of carbonyl (C=O) groups is 1. The molecule has 0 unspecified atom stereocenters. The second-order valence-corrected chi connectivity index (χ2v) is 3.82. The lowest BCUT2D eigenvalue weighted by Gasteiger charge is -1.98. The molecule has 0 saturated carbocycles. The Balaban J connectivity index is 2.64. The van der Waals surface area contributed by atoms with Gasteiger partial charge in [-0.05, 0) is 24.1 Å². The van der Waals surface area contributed by atoms with E-state index in [4.69, 9.17) is 5.11 Å². The van der Waals surface area contributed by atoms with Crippen LogP contribution in [0.25, 0.3) is 0 Å². The Morgan fingerprint density at radius 3 is 2.94 bits per heavy atom. The Kier molecular flexibility index (Phi) is 5.52. The maximum absolute atomic E-state index is 10.4. The van der Waals surface area contributed by atoms with Crippen LogP contribution in [-0.2, 0) is 11.2 Å². The summed E-state index contributed by atoms with van der Waals surface area (Å²) in [4.78, 5) is 10.4. The number of hydrogen-bond donors (Lipinski definition) is 2. The van der Waals surface area contributed by atoms with Crippen molar-refractivity contribution in [2.75, 3.05) is 5.75 Å². The first-order chi connectivity index (χ1) is 7.72. The lowest BCUT2D eigenvalue weighted by atomic mass is 10.1. The van der Waals surface area contributed by atoms with Crippen LogP contribution in [0.1, 0.15) is 24.0 Å². The molecule has 0 heterocycles. The summed E-state index contributed by atoms with van der Waals surface area (Å²) in [6.07, 6.45) is 1.48. The van der Waals surface area contributed by atoms with E-state index in [-0.39, 0.29) is 6.42 Å². The Labute approximate surface area is 101 Å². The highest BCUT2D eigenvalue weighted by molar-refractivity contribution is 7.80. The van der Waals surface area contributed by atoms with E-state index in [1.54, 1.807) is 0 Å². The first-order valence-electron chi connectivity index (χ1n) is 5.13. The Bertz CT molecular complexity index is 415. The van der Waals surface area contributed by atoms with Crippen molar-refractivity contribution in [3.05, 3.63) is 35.4 Å². The van der Waals surface area contributed by atoms with E-state index in [0.717, 1.165) is 23.3 Å². The monoisotopic (exact) mass is 234 g/mol. The molecule has 84 valence electrons. The van der Waals surface area contributed by atoms with Crippen molar-refractivity contribution in [2.45, 2.75) is 19.3 Å². The van der Waals surface area contributed by atoms with Crippen molar-refractivity contribution in [1.29, 1.82) is 0 Å². The second kappa shape index (κ2) is 6.97. The molecule has 1 aromatic carbocycles. The average Bonchev–Trinajstić information content (AvgIpc) is 2.27. The van der Waals surface area contributed by atoms with Gasteiger partial charge < -0.3 is 5.11 Å². The van der Waals surface area contributed by atoms with Crippen LogP contribution in [0.3, 0.4) is 0 Å². The van der Waals surface area contributed by atoms with Crippen molar-refractivity contribution in [3.8, 4) is 11.8 Å². The molecule has 0 atom stereocenters. The van der Waals surface area contributed by atoms with E-state index in [1.807, 2.05) is 24.3 Å². The molecule has 0 aliphatic heterocycles. The van der Waals surface area contributed by atoms with Crippen LogP contribution in [-0.4, -0.2) is 16.8 Å². The standard InChI is InChI=1S/C13H14O2S/c14-13(15)8-7-12-6-3-5-11(10-12)4-1-2-9-16/h3,5-6,10,16H,2,7-9H2,(H,14,15). The highest BCUT2D eigenvalue weighted by Gasteiger charge is 1.99. The summed E-state index contributed by atoms with van der Waals surface area (Å²) in [5.41, 5.74) is 1.95. The van der Waals surface area contributed by atoms with Crippen molar-refractivity contribution in [2.24, 2.45) is 0 Å². The Hall–Kier alpha value is -1.40. The number of benzene rings is 1. The molecule has 1 aromatic rings. The lowest BCUT2D eigenvalue weighted by molar-refractivity contribution is -0.136. The van der Waals surface area contributed by atoms with Crippen LogP contribution in [0.2, 0.25) is 0 Å². The number of aliphatic carboxylic acids is 1. The third kappa shape index (κ3) is 4.90. The highest BCUT2D eigenvalue weighted by atomic mass is 32.1. The quantitative estimate of drug-likeness (QED) is 0.620. The van der Waals surface area contributed by atoms with Gasteiger partial charge in [-0.25, -0.2) is 0 Å². The van der Waals surface area contributed by atoms with Gasteiger partial charge >= 0.3 is 5.97 Å². The Morgan fingerprint density at radius 2 is 2.25 bits per heavy atom. The predicted molar refractivity (Wildman–Crippen MR) is 67.7 cm³/mol. The summed E-state index contributed by atoms with van der Waals surface area (Å²) in [7, 11) is 0. The van der Waals surface area contributed by atoms with E-state index in [0.29, 0.717) is 6.42 Å². The molecular weight excluding hydrogens is 220 g/mol. The number of rotatable bonds is 4. The third-order valence-electron chi connectivity index (χ3n) is 2.02. The van der Waals surface area contributed by atoms with E-state index >= 15 is 0 Å². The summed E-state index contributed by atoms with van der Waals surface area (Å²) >= 11 is 4.08. The van der Waals surface area contributed by atoms with Gasteiger partial charge in [-0.3, -0.25) is 4.79 Å². The molecule has 0 aromatic heterocycles. The van der Waals surface area contributed by atoms with Gasteiger partial charge in [0.1, 0.15) is 0 Å². The first kappa shape index (κ1) is 12.7. The molecule has 0 bridgehead atoms. The fourth-order valence-electron chi connectivity index (χ4n) is 1.28. The highest BCUT2D eigenvalue weighted by Crippen LogP contribution is 2.06. The van der Waals surface area contributed by atoms with Gasteiger partial charge in [0.2, 0.25) is 0 Å². The first-order valence-corrected chi connectivity index (χ1v) is 5.76. The summed E-state index contributed by atoms with van der Waals surface area (Å²) < 4.78 is 0. The lowest BCUT2D eigenvalue weighted by Crippen LogP contribution is -1.97. The third-order valence-corrected chi connectivity index (χ3v) is 2.25. The molecule has 1 rings (SSSR count). The van der Waals surface area contributed by atoms with Crippen molar-refractivity contribution in [3.63, 3.8) is 0 Å². The molecule has 0 fully saturated rings. The minimum Gasteiger partial charge on any atom is -0.481 e. The largest absolute Gasteiger partial charge is 0.481 e. The maximum Gasteiger partial charge on any atom is 0.303 e. The summed E-state index contributed by atoms with van der Waals surface area (Å²) in [6, 6.07) is 7.69. The number of aryl methyl sites for hydroxylation is 1. The topological polar surface area (TPSA) is 37.3 Å². The van der Waals surface area contributed by atoms with Crippen LogP contribution in [0.15, 0.2) is 24.3 Å². The number of carboxylic acid groups (broad SMARTS) is 1. The number of thiol groups is 1. The minimum absolute atomic E-state index is 0.160. The van der Waals surface area contributed by atoms with Crippen LogP contribution >= 0.6 is 12.6 Å². The van der Waals surface area contributed by atoms with Crippen molar-refractivity contribution < 1.29 is 9.90 Å². The van der Waals surface area contributed by atoms with Gasteiger partial charge in [-0.2, -0.15) is 12.6 Å². The van der Waals surface area contributed by atoms with E-state index in [2.05, 4.69) is 24.5 Å². The molecule has 0 saturated heterocycles. The predicted octanol–water partition coefficient (Wildman–Crippen LogP) is 2.38. The second-order valence-electron chi connectivity index (χ2n) is 3.37. The van der Waals surface area contributed by atoms with Crippen molar-refractivity contribution >= 4 is 18.6 Å². The molecule has 0 aliphatic rings. The van der Waals surface area contributed by atoms with E-state index in [1.165, 1.54) is 0 Å². The zero-order valence-electron chi connectivity index (χ0n) is 8.94.